The Balaban J connectivity index is 2.04. The fourth-order valence-corrected chi connectivity index (χ4v) is 2.56. The van der Waals surface area contributed by atoms with E-state index in [1.54, 1.807) is 31.4 Å². The molecule has 7 heteroatoms. The average Bonchev–Trinajstić information content (AvgIpc) is 2.55. The van der Waals surface area contributed by atoms with Gasteiger partial charge in [0.1, 0.15) is 30.2 Å². The van der Waals surface area contributed by atoms with Gasteiger partial charge in [-0.2, -0.15) is 0 Å². The largest absolute Gasteiger partial charge is 0.497 e. The van der Waals surface area contributed by atoms with Crippen molar-refractivity contribution in [1.29, 1.82) is 0 Å². The summed E-state index contributed by atoms with van der Waals surface area (Å²) in [4.78, 5) is 0. The molecule has 124 valence electrons. The van der Waals surface area contributed by atoms with Gasteiger partial charge in [0.05, 0.1) is 25.9 Å². The van der Waals surface area contributed by atoms with Crippen LogP contribution in [0.25, 0.3) is 0 Å². The molecule has 1 aromatic carbocycles. The van der Waals surface area contributed by atoms with Crippen LogP contribution in [0.3, 0.4) is 0 Å². The van der Waals surface area contributed by atoms with Crippen LogP contribution in [0, 0.1) is 0 Å². The van der Waals surface area contributed by atoms with Crippen LogP contribution in [-0.4, -0.2) is 69.8 Å². The van der Waals surface area contributed by atoms with Gasteiger partial charge in [-0.25, -0.2) is 0 Å². The van der Waals surface area contributed by atoms with Gasteiger partial charge in [0.15, 0.2) is 0 Å². The zero-order valence-electron chi connectivity index (χ0n) is 12.2. The molecular formula is C15H22O7. The van der Waals surface area contributed by atoms with Crippen molar-refractivity contribution in [2.75, 3.05) is 13.7 Å². The molecule has 1 aliphatic heterocycles. The fourth-order valence-electron chi connectivity index (χ4n) is 2.56. The Bertz CT molecular complexity index is 461. The first-order valence-electron chi connectivity index (χ1n) is 7.10. The van der Waals surface area contributed by atoms with Crippen LogP contribution < -0.4 is 4.74 Å². The maximum atomic E-state index is 10.2. The minimum atomic E-state index is -1.43. The first kappa shape index (κ1) is 17.1. The van der Waals surface area contributed by atoms with Crippen molar-refractivity contribution >= 4 is 0 Å². The molecule has 2 rings (SSSR count). The summed E-state index contributed by atoms with van der Waals surface area (Å²) in [6.07, 6.45) is -6.93. The smallest absolute Gasteiger partial charge is 0.118 e. The summed E-state index contributed by atoms with van der Waals surface area (Å²) in [5, 5.41) is 48.8. The van der Waals surface area contributed by atoms with E-state index >= 15 is 0 Å². The quantitative estimate of drug-likeness (QED) is 0.471. The van der Waals surface area contributed by atoms with Crippen LogP contribution in [0.4, 0.5) is 0 Å². The molecule has 1 aliphatic rings. The second-order valence-electron chi connectivity index (χ2n) is 5.39. The van der Waals surface area contributed by atoms with E-state index in [-0.39, 0.29) is 6.42 Å². The van der Waals surface area contributed by atoms with Crippen LogP contribution >= 0.6 is 0 Å². The van der Waals surface area contributed by atoms with Crippen LogP contribution in [0.2, 0.25) is 0 Å². The summed E-state index contributed by atoms with van der Waals surface area (Å²) in [5.41, 5.74) is 0.609. The second-order valence-corrected chi connectivity index (χ2v) is 5.39. The van der Waals surface area contributed by atoms with E-state index in [1.165, 1.54) is 0 Å². The van der Waals surface area contributed by atoms with Crippen molar-refractivity contribution in [3.05, 3.63) is 29.8 Å². The normalized spacial score (nSPS) is 33.5. The summed E-state index contributed by atoms with van der Waals surface area (Å²) in [7, 11) is 1.54. The number of methoxy groups -OCH3 is 1. The Labute approximate surface area is 128 Å². The predicted octanol–water partition coefficient (Wildman–Crippen LogP) is -1.04. The summed E-state index contributed by atoms with van der Waals surface area (Å²) < 4.78 is 10.4. The molecule has 0 saturated carbocycles. The lowest BCUT2D eigenvalue weighted by atomic mass is 9.91. The van der Waals surface area contributed by atoms with Crippen molar-refractivity contribution in [3.63, 3.8) is 0 Å². The molecule has 1 heterocycles. The predicted molar refractivity (Wildman–Crippen MR) is 76.3 cm³/mol. The van der Waals surface area contributed by atoms with Crippen LogP contribution in [0.5, 0.6) is 5.75 Å². The molecule has 22 heavy (non-hydrogen) atoms. The molecule has 0 bridgehead atoms. The third-order valence-corrected chi connectivity index (χ3v) is 3.95. The first-order chi connectivity index (χ1) is 10.5. The summed E-state index contributed by atoms with van der Waals surface area (Å²) in [5.74, 6) is 0.656. The van der Waals surface area contributed by atoms with Crippen molar-refractivity contribution in [2.24, 2.45) is 0 Å². The van der Waals surface area contributed by atoms with Gasteiger partial charge in [0.25, 0.3) is 0 Å². The summed E-state index contributed by atoms with van der Waals surface area (Å²) >= 11 is 0. The Morgan fingerprint density at radius 3 is 2.18 bits per heavy atom. The molecule has 0 radical (unpaired) electrons. The van der Waals surface area contributed by atoms with E-state index in [1.807, 2.05) is 0 Å². The van der Waals surface area contributed by atoms with Crippen molar-refractivity contribution in [2.45, 2.75) is 43.0 Å². The third-order valence-electron chi connectivity index (χ3n) is 3.95. The van der Waals surface area contributed by atoms with E-state index < -0.39 is 43.2 Å². The Morgan fingerprint density at radius 1 is 1.05 bits per heavy atom. The Morgan fingerprint density at radius 2 is 1.64 bits per heavy atom. The number of hydrogen-bond donors (Lipinski definition) is 5. The Kier molecular flexibility index (Phi) is 5.74. The minimum Gasteiger partial charge on any atom is -0.497 e. The second kappa shape index (κ2) is 7.36. The molecule has 5 N–H and O–H groups in total. The molecule has 6 atom stereocenters. The lowest BCUT2D eigenvalue weighted by Gasteiger charge is -2.40. The third kappa shape index (κ3) is 3.57. The van der Waals surface area contributed by atoms with Crippen LogP contribution in [0.15, 0.2) is 24.3 Å². The van der Waals surface area contributed by atoms with E-state index in [0.717, 1.165) is 0 Å². The van der Waals surface area contributed by atoms with Crippen LogP contribution in [-0.2, 0) is 4.74 Å². The van der Waals surface area contributed by atoms with Crippen molar-refractivity contribution in [1.82, 2.24) is 0 Å². The number of rotatable bonds is 5. The van der Waals surface area contributed by atoms with Crippen molar-refractivity contribution in [3.8, 4) is 5.75 Å². The first-order valence-corrected chi connectivity index (χ1v) is 7.10. The molecule has 1 fully saturated rings. The van der Waals surface area contributed by atoms with Gasteiger partial charge in [-0.3, -0.25) is 0 Å². The van der Waals surface area contributed by atoms with Gasteiger partial charge in [-0.05, 0) is 17.7 Å². The highest BCUT2D eigenvalue weighted by molar-refractivity contribution is 5.28. The highest BCUT2D eigenvalue weighted by Crippen LogP contribution is 2.29. The number of ether oxygens (including phenoxy) is 2. The lowest BCUT2D eigenvalue weighted by Crippen LogP contribution is -2.58. The summed E-state index contributed by atoms with van der Waals surface area (Å²) in [6.45, 7) is -0.486. The maximum absolute atomic E-state index is 10.2. The monoisotopic (exact) mass is 314 g/mol. The zero-order valence-corrected chi connectivity index (χ0v) is 12.2. The summed E-state index contributed by atoms with van der Waals surface area (Å²) in [6, 6.07) is 6.78. The minimum absolute atomic E-state index is 0.0216. The SMILES string of the molecule is COc1ccc(C(O)C[C@@H]2O[C@H](CO)[C@@H](O)[C@H](O)[C@H]2O)cc1. The number of aliphatic hydroxyl groups is 5. The standard InChI is InChI=1S/C15H22O7/c1-21-9-4-2-8(3-5-9)10(17)6-11-13(18)15(20)14(19)12(7-16)22-11/h2-5,10-20H,6-7H2,1H3/t10?,11-,12+,13-,14+,15+/m0/s1. The number of aliphatic hydroxyl groups excluding tert-OH is 5. The topological polar surface area (TPSA) is 120 Å². The molecule has 1 aromatic rings. The molecule has 1 saturated heterocycles. The zero-order chi connectivity index (χ0) is 16.3. The van der Waals surface area contributed by atoms with Crippen LogP contribution in [0.1, 0.15) is 18.1 Å². The highest BCUT2D eigenvalue weighted by atomic mass is 16.5. The highest BCUT2D eigenvalue weighted by Gasteiger charge is 2.43. The van der Waals surface area contributed by atoms with Gasteiger partial charge in [-0.1, -0.05) is 12.1 Å². The van der Waals surface area contributed by atoms with Gasteiger partial charge in [-0.15, -0.1) is 0 Å². The average molecular weight is 314 g/mol. The fraction of sp³-hybridized carbons (Fsp3) is 0.600. The Hall–Kier alpha value is -1.22. The van der Waals surface area contributed by atoms with E-state index in [0.29, 0.717) is 11.3 Å². The van der Waals surface area contributed by atoms with E-state index in [2.05, 4.69) is 0 Å². The van der Waals surface area contributed by atoms with Gasteiger partial charge < -0.3 is 35.0 Å². The number of benzene rings is 1. The maximum Gasteiger partial charge on any atom is 0.118 e. The molecule has 0 amide bonds. The molecular weight excluding hydrogens is 292 g/mol. The number of hydrogen-bond acceptors (Lipinski definition) is 7. The molecule has 0 aromatic heterocycles. The van der Waals surface area contributed by atoms with Gasteiger partial charge in [0.2, 0.25) is 0 Å². The lowest BCUT2D eigenvalue weighted by molar-refractivity contribution is -0.234. The molecule has 7 nitrogen and oxygen atoms in total. The van der Waals surface area contributed by atoms with E-state index in [9.17, 15) is 20.4 Å². The van der Waals surface area contributed by atoms with E-state index in [4.69, 9.17) is 14.6 Å². The molecule has 0 aliphatic carbocycles. The van der Waals surface area contributed by atoms with Gasteiger partial charge >= 0.3 is 0 Å². The van der Waals surface area contributed by atoms with Crippen molar-refractivity contribution < 1.29 is 35.0 Å². The molecule has 1 unspecified atom stereocenters. The molecule has 0 spiro atoms. The van der Waals surface area contributed by atoms with Gasteiger partial charge in [0, 0.05) is 6.42 Å².